The average molecular weight is 384 g/mol. The molecule has 0 unspecified atom stereocenters. The minimum absolute atomic E-state index is 0.129. The lowest BCUT2D eigenvalue weighted by Gasteiger charge is -2.09. The molecule has 0 aliphatic heterocycles. The molecule has 0 spiro atoms. The van der Waals surface area contributed by atoms with E-state index in [2.05, 4.69) is 10.4 Å². The number of aromatic nitrogens is 2. The van der Waals surface area contributed by atoms with Gasteiger partial charge >= 0.3 is 0 Å². The van der Waals surface area contributed by atoms with E-state index in [1.165, 1.54) is 0 Å². The van der Waals surface area contributed by atoms with Crippen molar-refractivity contribution in [3.63, 3.8) is 0 Å². The summed E-state index contributed by atoms with van der Waals surface area (Å²) in [6.45, 7) is 5.62. The predicted octanol–water partition coefficient (Wildman–Crippen LogP) is 4.37. The Morgan fingerprint density at radius 1 is 1.19 bits per heavy atom. The van der Waals surface area contributed by atoms with Crippen molar-refractivity contribution in [3.05, 3.63) is 82.1 Å². The highest BCUT2D eigenvalue weighted by Gasteiger charge is 2.07. The lowest BCUT2D eigenvalue weighted by atomic mass is 10.1. The average Bonchev–Trinajstić information content (AvgIpc) is 3.15. The maximum Gasteiger partial charge on any atom is 0.251 e. The second-order valence-electron chi connectivity index (χ2n) is 6.26. The maximum absolute atomic E-state index is 12.3. The van der Waals surface area contributed by atoms with Crippen LogP contribution in [0.25, 0.3) is 0 Å². The van der Waals surface area contributed by atoms with Crippen LogP contribution in [-0.4, -0.2) is 15.7 Å². The lowest BCUT2D eigenvalue weighted by Crippen LogP contribution is -2.23. The molecule has 0 aliphatic rings. The fraction of sp³-hybridized carbons (Fsp3) is 0.238. The summed E-state index contributed by atoms with van der Waals surface area (Å²) < 4.78 is 7.61. The van der Waals surface area contributed by atoms with E-state index in [-0.39, 0.29) is 5.91 Å². The number of benzene rings is 2. The first-order valence-electron chi connectivity index (χ1n) is 8.83. The molecule has 1 aromatic heterocycles. The largest absolute Gasteiger partial charge is 0.487 e. The third-order valence-electron chi connectivity index (χ3n) is 4.15. The number of ether oxygens (including phenoxy) is 1. The predicted molar refractivity (Wildman–Crippen MR) is 106 cm³/mol. The molecular formula is C21H22ClN3O2. The molecule has 1 amide bonds. The third-order valence-corrected chi connectivity index (χ3v) is 4.46. The quantitative estimate of drug-likeness (QED) is 0.659. The number of carbonyl (C=O) groups is 1. The zero-order valence-electron chi connectivity index (χ0n) is 15.4. The standard InChI is InChI=1S/C21H22ClN3O2/c1-3-25-11-10-18(24-25)13-23-21(26)17-7-5-16(6-8-17)14-27-20-12-15(2)4-9-19(20)22/h4-12H,3,13-14H2,1-2H3,(H,23,26). The minimum atomic E-state index is -0.129. The summed E-state index contributed by atoms with van der Waals surface area (Å²) in [6, 6.07) is 14.9. The van der Waals surface area contributed by atoms with Crippen LogP contribution in [0, 0.1) is 6.92 Å². The first kappa shape index (κ1) is 19.0. The monoisotopic (exact) mass is 383 g/mol. The Hall–Kier alpha value is -2.79. The number of aryl methyl sites for hydroxylation is 2. The lowest BCUT2D eigenvalue weighted by molar-refractivity contribution is 0.0950. The Morgan fingerprint density at radius 2 is 1.96 bits per heavy atom. The summed E-state index contributed by atoms with van der Waals surface area (Å²) in [5.41, 5.74) is 3.49. The van der Waals surface area contributed by atoms with Crippen LogP contribution in [0.2, 0.25) is 5.02 Å². The fourth-order valence-corrected chi connectivity index (χ4v) is 2.75. The van der Waals surface area contributed by atoms with E-state index in [1.54, 1.807) is 12.1 Å². The van der Waals surface area contributed by atoms with Crippen molar-refractivity contribution in [1.29, 1.82) is 0 Å². The molecular weight excluding hydrogens is 362 g/mol. The number of nitrogens with one attached hydrogen (secondary N) is 1. The van der Waals surface area contributed by atoms with Crippen LogP contribution in [0.1, 0.15) is 34.1 Å². The number of rotatable bonds is 7. The summed E-state index contributed by atoms with van der Waals surface area (Å²) in [5.74, 6) is 0.528. The first-order valence-corrected chi connectivity index (χ1v) is 9.21. The van der Waals surface area contributed by atoms with Gasteiger partial charge in [0.2, 0.25) is 0 Å². The van der Waals surface area contributed by atoms with E-state index in [4.69, 9.17) is 16.3 Å². The van der Waals surface area contributed by atoms with Gasteiger partial charge in [-0.3, -0.25) is 9.48 Å². The Labute approximate surface area is 163 Å². The molecule has 1 heterocycles. The molecule has 0 atom stereocenters. The molecule has 0 saturated heterocycles. The van der Waals surface area contributed by atoms with E-state index in [9.17, 15) is 4.79 Å². The van der Waals surface area contributed by atoms with Crippen molar-refractivity contribution in [3.8, 4) is 5.75 Å². The van der Waals surface area contributed by atoms with Crippen LogP contribution < -0.4 is 10.1 Å². The minimum Gasteiger partial charge on any atom is -0.487 e. The van der Waals surface area contributed by atoms with Gasteiger partial charge in [-0.15, -0.1) is 0 Å². The van der Waals surface area contributed by atoms with E-state index < -0.39 is 0 Å². The van der Waals surface area contributed by atoms with Crippen molar-refractivity contribution < 1.29 is 9.53 Å². The van der Waals surface area contributed by atoms with E-state index in [1.807, 2.05) is 61.1 Å². The second kappa shape index (κ2) is 8.73. The summed E-state index contributed by atoms with van der Waals surface area (Å²) in [6.07, 6.45) is 1.90. The van der Waals surface area contributed by atoms with Crippen molar-refractivity contribution in [2.24, 2.45) is 0 Å². The summed E-state index contributed by atoms with van der Waals surface area (Å²) >= 11 is 6.14. The zero-order chi connectivity index (χ0) is 19.2. The number of carbonyl (C=O) groups excluding carboxylic acids is 1. The zero-order valence-corrected chi connectivity index (χ0v) is 16.2. The fourth-order valence-electron chi connectivity index (χ4n) is 2.58. The van der Waals surface area contributed by atoms with Gasteiger partial charge in [-0.25, -0.2) is 0 Å². The van der Waals surface area contributed by atoms with Gasteiger partial charge in [0.05, 0.1) is 17.3 Å². The van der Waals surface area contributed by atoms with E-state index in [0.717, 1.165) is 23.4 Å². The van der Waals surface area contributed by atoms with Crippen LogP contribution in [0.3, 0.4) is 0 Å². The number of amides is 1. The van der Waals surface area contributed by atoms with Gasteiger partial charge in [-0.2, -0.15) is 5.10 Å². The topological polar surface area (TPSA) is 56.2 Å². The molecule has 27 heavy (non-hydrogen) atoms. The maximum atomic E-state index is 12.3. The van der Waals surface area contributed by atoms with Crippen LogP contribution in [0.15, 0.2) is 54.7 Å². The van der Waals surface area contributed by atoms with Crippen LogP contribution in [0.4, 0.5) is 0 Å². The van der Waals surface area contributed by atoms with E-state index in [0.29, 0.717) is 29.5 Å². The van der Waals surface area contributed by atoms with Crippen LogP contribution >= 0.6 is 11.6 Å². The van der Waals surface area contributed by atoms with Crippen LogP contribution in [0.5, 0.6) is 5.75 Å². The molecule has 6 heteroatoms. The highest BCUT2D eigenvalue weighted by Crippen LogP contribution is 2.26. The third kappa shape index (κ3) is 5.11. The van der Waals surface area contributed by atoms with Gasteiger partial charge in [-0.1, -0.05) is 29.8 Å². The molecule has 1 N–H and O–H groups in total. The SMILES string of the molecule is CCn1ccc(CNC(=O)c2ccc(COc3cc(C)ccc3Cl)cc2)n1. The first-order chi connectivity index (χ1) is 13.0. The summed E-state index contributed by atoms with van der Waals surface area (Å²) in [7, 11) is 0. The Balaban J connectivity index is 1.54. The smallest absolute Gasteiger partial charge is 0.251 e. The normalized spacial score (nSPS) is 10.6. The number of hydrogen-bond donors (Lipinski definition) is 1. The van der Waals surface area contributed by atoms with Gasteiger partial charge in [-0.05, 0) is 55.3 Å². The molecule has 3 aromatic rings. The second-order valence-corrected chi connectivity index (χ2v) is 6.67. The van der Waals surface area contributed by atoms with Crippen LogP contribution in [-0.2, 0) is 19.7 Å². The summed E-state index contributed by atoms with van der Waals surface area (Å²) in [5, 5.41) is 7.81. The molecule has 0 radical (unpaired) electrons. The number of halogens is 1. The Bertz CT molecular complexity index is 919. The van der Waals surface area contributed by atoms with E-state index >= 15 is 0 Å². The van der Waals surface area contributed by atoms with Crippen molar-refractivity contribution >= 4 is 17.5 Å². The van der Waals surface area contributed by atoms with Crippen molar-refractivity contribution in [1.82, 2.24) is 15.1 Å². The molecule has 0 fully saturated rings. The number of hydrogen-bond acceptors (Lipinski definition) is 3. The molecule has 0 bridgehead atoms. The van der Waals surface area contributed by atoms with Gasteiger partial charge in [0, 0.05) is 18.3 Å². The Morgan fingerprint density at radius 3 is 2.67 bits per heavy atom. The molecule has 0 aliphatic carbocycles. The Kier molecular flexibility index (Phi) is 6.14. The van der Waals surface area contributed by atoms with Gasteiger partial charge in [0.25, 0.3) is 5.91 Å². The molecule has 140 valence electrons. The highest BCUT2D eigenvalue weighted by molar-refractivity contribution is 6.32. The molecule has 3 rings (SSSR count). The van der Waals surface area contributed by atoms with Gasteiger partial charge in [0.15, 0.2) is 0 Å². The molecule has 5 nitrogen and oxygen atoms in total. The number of nitrogens with zero attached hydrogens (tertiary/aromatic N) is 2. The molecule has 2 aromatic carbocycles. The van der Waals surface area contributed by atoms with Crippen molar-refractivity contribution in [2.45, 2.75) is 33.5 Å². The molecule has 0 saturated carbocycles. The van der Waals surface area contributed by atoms with Gasteiger partial charge < -0.3 is 10.1 Å². The highest BCUT2D eigenvalue weighted by atomic mass is 35.5. The van der Waals surface area contributed by atoms with Gasteiger partial charge in [0.1, 0.15) is 12.4 Å². The van der Waals surface area contributed by atoms with Crippen molar-refractivity contribution in [2.75, 3.05) is 0 Å². The summed E-state index contributed by atoms with van der Waals surface area (Å²) in [4.78, 5) is 12.3.